The van der Waals surface area contributed by atoms with Gasteiger partial charge < -0.3 is 14.7 Å². The number of ether oxygens (including phenoxy) is 1. The van der Waals surface area contributed by atoms with Crippen molar-refractivity contribution in [3.63, 3.8) is 0 Å². The van der Waals surface area contributed by atoms with Crippen molar-refractivity contribution in [2.45, 2.75) is 25.8 Å². The summed E-state index contributed by atoms with van der Waals surface area (Å²) in [5.74, 6) is 0.0485. The van der Waals surface area contributed by atoms with Crippen molar-refractivity contribution in [2.75, 3.05) is 24.7 Å². The molecule has 1 atom stereocenters. The highest BCUT2D eigenvalue weighted by Crippen LogP contribution is 2.25. The monoisotopic (exact) mass is 290 g/mol. The molecular formula is C14H18N4O3. The van der Waals surface area contributed by atoms with Gasteiger partial charge in [-0.05, 0) is 12.0 Å². The highest BCUT2D eigenvalue weighted by Gasteiger charge is 2.31. The summed E-state index contributed by atoms with van der Waals surface area (Å²) in [6, 6.07) is 1.26. The van der Waals surface area contributed by atoms with Gasteiger partial charge in [-0.15, -0.1) is 0 Å². The van der Waals surface area contributed by atoms with E-state index in [4.69, 9.17) is 4.74 Å². The van der Waals surface area contributed by atoms with Gasteiger partial charge in [-0.1, -0.05) is 13.8 Å². The summed E-state index contributed by atoms with van der Waals surface area (Å²) in [7, 11) is 0. The number of carbonyl (C=O) groups is 1. The molecule has 0 saturated carbocycles. The number of hydrogen-bond donors (Lipinski definition) is 1. The van der Waals surface area contributed by atoms with Gasteiger partial charge in [0.1, 0.15) is 5.52 Å². The molecule has 0 bridgehead atoms. The molecule has 7 heteroatoms. The fourth-order valence-electron chi connectivity index (χ4n) is 2.49. The van der Waals surface area contributed by atoms with Gasteiger partial charge in [-0.2, -0.15) is 5.10 Å². The standard InChI is InChI=1S/C14H18N4O3/c1-9(2)10-7-11-13(15-3-4-18(11)16-10)17-5-6-21-8-12(17)14(19)20/h3-4,7,9,12H,5-6,8H2,1-2H3,(H,19,20). The third-order valence-electron chi connectivity index (χ3n) is 3.67. The summed E-state index contributed by atoms with van der Waals surface area (Å²) in [4.78, 5) is 17.6. The molecular weight excluding hydrogens is 272 g/mol. The Bertz CT molecular complexity index is 667. The van der Waals surface area contributed by atoms with E-state index in [0.717, 1.165) is 11.2 Å². The first-order valence-corrected chi connectivity index (χ1v) is 6.99. The van der Waals surface area contributed by atoms with E-state index < -0.39 is 12.0 Å². The fourth-order valence-corrected chi connectivity index (χ4v) is 2.49. The summed E-state index contributed by atoms with van der Waals surface area (Å²) >= 11 is 0. The van der Waals surface area contributed by atoms with Gasteiger partial charge in [0.2, 0.25) is 0 Å². The van der Waals surface area contributed by atoms with E-state index in [1.165, 1.54) is 0 Å². The van der Waals surface area contributed by atoms with Crippen LogP contribution in [0.1, 0.15) is 25.5 Å². The molecule has 0 radical (unpaired) electrons. The van der Waals surface area contributed by atoms with E-state index in [-0.39, 0.29) is 6.61 Å². The molecule has 2 aromatic heterocycles. The summed E-state index contributed by atoms with van der Waals surface area (Å²) in [6.07, 6.45) is 3.43. The van der Waals surface area contributed by atoms with Gasteiger partial charge >= 0.3 is 5.97 Å². The molecule has 1 aliphatic rings. The molecule has 1 unspecified atom stereocenters. The van der Waals surface area contributed by atoms with Crippen LogP contribution < -0.4 is 4.90 Å². The molecule has 1 aliphatic heterocycles. The third-order valence-corrected chi connectivity index (χ3v) is 3.67. The van der Waals surface area contributed by atoms with Crippen molar-refractivity contribution >= 4 is 17.3 Å². The number of carboxylic acids is 1. The zero-order chi connectivity index (χ0) is 15.0. The Morgan fingerprint density at radius 2 is 2.33 bits per heavy atom. The molecule has 7 nitrogen and oxygen atoms in total. The van der Waals surface area contributed by atoms with E-state index in [9.17, 15) is 9.90 Å². The molecule has 1 N–H and O–H groups in total. The highest BCUT2D eigenvalue weighted by molar-refractivity contribution is 5.81. The third kappa shape index (κ3) is 2.44. The minimum atomic E-state index is -0.901. The van der Waals surface area contributed by atoms with E-state index in [0.29, 0.717) is 24.9 Å². The van der Waals surface area contributed by atoms with Crippen LogP contribution in [0.5, 0.6) is 0 Å². The maximum absolute atomic E-state index is 11.4. The minimum Gasteiger partial charge on any atom is -0.480 e. The normalized spacial score (nSPS) is 19.4. The molecule has 3 rings (SSSR count). The molecule has 1 saturated heterocycles. The van der Waals surface area contributed by atoms with Crippen molar-refractivity contribution in [1.82, 2.24) is 14.6 Å². The average molecular weight is 290 g/mol. The summed E-state index contributed by atoms with van der Waals surface area (Å²) in [6.45, 7) is 5.32. The maximum atomic E-state index is 11.4. The Labute approximate surface area is 122 Å². The highest BCUT2D eigenvalue weighted by atomic mass is 16.5. The van der Waals surface area contributed by atoms with Crippen LogP contribution in [0.15, 0.2) is 18.5 Å². The predicted octanol–water partition coefficient (Wildman–Crippen LogP) is 1.14. The number of anilines is 1. The zero-order valence-corrected chi connectivity index (χ0v) is 12.1. The van der Waals surface area contributed by atoms with E-state index >= 15 is 0 Å². The summed E-state index contributed by atoms with van der Waals surface area (Å²) in [5.41, 5.74) is 1.79. The number of aliphatic carboxylic acids is 1. The van der Waals surface area contributed by atoms with Gasteiger partial charge in [0.15, 0.2) is 11.9 Å². The molecule has 2 aromatic rings. The van der Waals surface area contributed by atoms with Crippen molar-refractivity contribution in [2.24, 2.45) is 0 Å². The predicted molar refractivity (Wildman–Crippen MR) is 76.7 cm³/mol. The second-order valence-electron chi connectivity index (χ2n) is 5.43. The summed E-state index contributed by atoms with van der Waals surface area (Å²) < 4.78 is 7.03. The smallest absolute Gasteiger partial charge is 0.328 e. The van der Waals surface area contributed by atoms with E-state index in [2.05, 4.69) is 23.9 Å². The Morgan fingerprint density at radius 1 is 1.52 bits per heavy atom. The Kier molecular flexibility index (Phi) is 3.50. The number of rotatable bonds is 3. The second-order valence-corrected chi connectivity index (χ2v) is 5.43. The van der Waals surface area contributed by atoms with Gasteiger partial charge in [0.25, 0.3) is 0 Å². The van der Waals surface area contributed by atoms with Gasteiger partial charge in [0, 0.05) is 18.9 Å². The molecule has 1 fully saturated rings. The van der Waals surface area contributed by atoms with Crippen molar-refractivity contribution < 1.29 is 14.6 Å². The van der Waals surface area contributed by atoms with Crippen LogP contribution in [0.3, 0.4) is 0 Å². The number of aromatic nitrogens is 3. The first kappa shape index (κ1) is 13.8. The quantitative estimate of drug-likeness (QED) is 0.913. The van der Waals surface area contributed by atoms with E-state index in [1.54, 1.807) is 21.8 Å². The Morgan fingerprint density at radius 3 is 3.05 bits per heavy atom. The molecule has 0 aromatic carbocycles. The molecule has 0 spiro atoms. The fraction of sp³-hybridized carbons (Fsp3) is 0.500. The van der Waals surface area contributed by atoms with Crippen molar-refractivity contribution in [3.8, 4) is 0 Å². The topological polar surface area (TPSA) is 80.0 Å². The number of hydrogen-bond acceptors (Lipinski definition) is 5. The lowest BCUT2D eigenvalue weighted by Crippen LogP contribution is -2.50. The van der Waals surface area contributed by atoms with Crippen LogP contribution in [0, 0.1) is 0 Å². The van der Waals surface area contributed by atoms with Gasteiger partial charge in [-0.3, -0.25) is 0 Å². The molecule has 112 valence electrons. The first-order valence-electron chi connectivity index (χ1n) is 6.99. The van der Waals surface area contributed by atoms with Gasteiger partial charge in [0.05, 0.1) is 18.9 Å². The van der Waals surface area contributed by atoms with Crippen LogP contribution in [0.4, 0.5) is 5.82 Å². The molecule has 0 amide bonds. The Hall–Kier alpha value is -2.15. The Balaban J connectivity index is 2.08. The van der Waals surface area contributed by atoms with Crippen molar-refractivity contribution in [1.29, 1.82) is 0 Å². The zero-order valence-electron chi connectivity index (χ0n) is 12.1. The average Bonchev–Trinajstić information content (AvgIpc) is 2.91. The molecule has 3 heterocycles. The number of carboxylic acid groups (broad SMARTS) is 1. The van der Waals surface area contributed by atoms with Crippen molar-refractivity contribution in [3.05, 3.63) is 24.2 Å². The van der Waals surface area contributed by atoms with Crippen LogP contribution in [-0.4, -0.2) is 51.5 Å². The summed E-state index contributed by atoms with van der Waals surface area (Å²) in [5, 5.41) is 13.9. The van der Waals surface area contributed by atoms with Crippen LogP contribution in [-0.2, 0) is 9.53 Å². The first-order chi connectivity index (χ1) is 10.1. The maximum Gasteiger partial charge on any atom is 0.328 e. The largest absolute Gasteiger partial charge is 0.480 e. The van der Waals surface area contributed by atoms with Crippen LogP contribution >= 0.6 is 0 Å². The number of fused-ring (bicyclic) bond motifs is 1. The van der Waals surface area contributed by atoms with Crippen LogP contribution in [0.2, 0.25) is 0 Å². The number of morpholine rings is 1. The number of nitrogens with zero attached hydrogens (tertiary/aromatic N) is 4. The lowest BCUT2D eigenvalue weighted by molar-refractivity contribution is -0.141. The molecule has 21 heavy (non-hydrogen) atoms. The minimum absolute atomic E-state index is 0.170. The SMILES string of the molecule is CC(C)c1cc2c(N3CCOCC3C(=O)O)nccn2n1. The lowest BCUT2D eigenvalue weighted by atomic mass is 10.1. The second kappa shape index (κ2) is 5.33. The van der Waals surface area contributed by atoms with Crippen LogP contribution in [0.25, 0.3) is 5.52 Å². The van der Waals surface area contributed by atoms with E-state index in [1.807, 2.05) is 6.07 Å². The lowest BCUT2D eigenvalue weighted by Gasteiger charge is -2.33. The van der Waals surface area contributed by atoms with Gasteiger partial charge in [-0.25, -0.2) is 14.3 Å². The molecule has 0 aliphatic carbocycles.